The van der Waals surface area contributed by atoms with Crippen LogP contribution in [-0.2, 0) is 16.5 Å². The Morgan fingerprint density at radius 1 is 1.04 bits per heavy atom. The summed E-state index contributed by atoms with van der Waals surface area (Å²) in [6.45, 7) is 2.99. The Labute approximate surface area is 150 Å². The molecule has 0 atom stereocenters. The van der Waals surface area contributed by atoms with Gasteiger partial charge >= 0.3 is 0 Å². The molecule has 1 heterocycles. The molecule has 0 radical (unpaired) electrons. The Balaban J connectivity index is 2.20. The molecular formula is C19H17F2NO3S. The van der Waals surface area contributed by atoms with Gasteiger partial charge in [-0.05, 0) is 48.7 Å². The van der Waals surface area contributed by atoms with E-state index in [0.717, 1.165) is 23.4 Å². The van der Waals surface area contributed by atoms with Gasteiger partial charge in [0.1, 0.15) is 16.4 Å². The third-order valence-corrected chi connectivity index (χ3v) is 5.41. The maximum absolute atomic E-state index is 14.3. The zero-order chi connectivity index (χ0) is 19.1. The normalized spacial score (nSPS) is 11.7. The topological polar surface area (TPSA) is 60.2 Å². The summed E-state index contributed by atoms with van der Waals surface area (Å²) in [5.74, 6) is -0.938. The molecule has 26 heavy (non-hydrogen) atoms. The van der Waals surface area contributed by atoms with Crippen molar-refractivity contribution in [3.05, 3.63) is 59.1 Å². The summed E-state index contributed by atoms with van der Waals surface area (Å²) in [5, 5.41) is 3.95. The maximum atomic E-state index is 14.3. The molecule has 0 bridgehead atoms. The number of rotatable bonds is 4. The van der Waals surface area contributed by atoms with Crippen LogP contribution in [0.15, 0.2) is 45.8 Å². The molecule has 0 N–H and O–H groups in total. The Bertz CT molecular complexity index is 1090. The summed E-state index contributed by atoms with van der Waals surface area (Å²) < 4.78 is 56.0. The molecule has 7 heteroatoms. The first-order valence-electron chi connectivity index (χ1n) is 7.84. The van der Waals surface area contributed by atoms with Gasteiger partial charge in [-0.15, -0.1) is 0 Å². The van der Waals surface area contributed by atoms with Gasteiger partial charge in [0.25, 0.3) is 0 Å². The lowest BCUT2D eigenvalue weighted by Crippen LogP contribution is -2.01. The third kappa shape index (κ3) is 3.26. The molecule has 0 spiro atoms. The molecule has 0 aliphatic heterocycles. The van der Waals surface area contributed by atoms with Crippen molar-refractivity contribution < 1.29 is 21.7 Å². The Hall–Kier alpha value is -2.54. The van der Waals surface area contributed by atoms with Crippen LogP contribution in [0, 0.1) is 19.7 Å². The minimum atomic E-state index is -3.70. The smallest absolute Gasteiger partial charge is 0.178 e. The van der Waals surface area contributed by atoms with E-state index < -0.39 is 27.2 Å². The minimum absolute atomic E-state index is 0.0373. The van der Waals surface area contributed by atoms with Crippen LogP contribution in [0.1, 0.15) is 16.9 Å². The van der Waals surface area contributed by atoms with Gasteiger partial charge in [-0.25, -0.2) is 17.2 Å². The van der Waals surface area contributed by atoms with Crippen LogP contribution in [-0.4, -0.2) is 19.8 Å². The lowest BCUT2D eigenvalue weighted by atomic mass is 9.97. The number of halogens is 2. The van der Waals surface area contributed by atoms with Crippen molar-refractivity contribution in [2.75, 3.05) is 6.26 Å². The molecule has 0 saturated carbocycles. The van der Waals surface area contributed by atoms with E-state index >= 15 is 0 Å². The average Bonchev–Trinajstić information content (AvgIpc) is 3.00. The van der Waals surface area contributed by atoms with Crippen LogP contribution in [0.5, 0.6) is 0 Å². The number of sulfone groups is 1. The van der Waals surface area contributed by atoms with Crippen LogP contribution < -0.4 is 0 Å². The van der Waals surface area contributed by atoms with E-state index in [1.165, 1.54) is 12.1 Å². The van der Waals surface area contributed by atoms with Gasteiger partial charge in [0, 0.05) is 11.8 Å². The number of aryl methyl sites for hydroxylation is 2. The van der Waals surface area contributed by atoms with Crippen molar-refractivity contribution in [1.29, 1.82) is 0 Å². The van der Waals surface area contributed by atoms with E-state index in [4.69, 9.17) is 4.52 Å². The number of benzene rings is 2. The predicted molar refractivity (Wildman–Crippen MR) is 94.7 cm³/mol. The monoisotopic (exact) mass is 377 g/mol. The highest BCUT2D eigenvalue weighted by molar-refractivity contribution is 7.90. The number of aromatic nitrogens is 1. The fourth-order valence-electron chi connectivity index (χ4n) is 2.76. The SMILES string of the molecule is Cc1ccc(-c2noc(CF)c2-c2ccc(S(C)(=O)=O)c(F)c2)cc1C. The van der Waals surface area contributed by atoms with Gasteiger partial charge in [-0.2, -0.15) is 0 Å². The van der Waals surface area contributed by atoms with Gasteiger partial charge in [0.05, 0.1) is 5.56 Å². The van der Waals surface area contributed by atoms with Crippen molar-refractivity contribution in [3.63, 3.8) is 0 Å². The van der Waals surface area contributed by atoms with Gasteiger partial charge < -0.3 is 4.52 Å². The van der Waals surface area contributed by atoms with Gasteiger partial charge in [-0.1, -0.05) is 23.4 Å². The van der Waals surface area contributed by atoms with Crippen molar-refractivity contribution in [2.45, 2.75) is 25.4 Å². The molecule has 0 aliphatic rings. The first-order valence-corrected chi connectivity index (χ1v) is 9.73. The minimum Gasteiger partial charge on any atom is -0.357 e. The zero-order valence-corrected chi connectivity index (χ0v) is 15.3. The molecule has 0 amide bonds. The molecule has 3 aromatic rings. The van der Waals surface area contributed by atoms with Gasteiger partial charge in [-0.3, -0.25) is 0 Å². The van der Waals surface area contributed by atoms with Crippen LogP contribution in [0.25, 0.3) is 22.4 Å². The van der Waals surface area contributed by atoms with E-state index in [1.807, 2.05) is 32.0 Å². The van der Waals surface area contributed by atoms with Gasteiger partial charge in [0.15, 0.2) is 22.3 Å². The number of alkyl halides is 1. The Morgan fingerprint density at radius 2 is 1.73 bits per heavy atom. The van der Waals surface area contributed by atoms with E-state index in [-0.39, 0.29) is 5.76 Å². The summed E-state index contributed by atoms with van der Waals surface area (Å²) in [6.07, 6.45) is 0.929. The largest absolute Gasteiger partial charge is 0.357 e. The van der Waals surface area contributed by atoms with Crippen LogP contribution in [0.2, 0.25) is 0 Å². The Kier molecular flexibility index (Phi) is 4.66. The van der Waals surface area contributed by atoms with E-state index in [1.54, 1.807) is 0 Å². The number of hydrogen-bond donors (Lipinski definition) is 0. The predicted octanol–water partition coefficient (Wildman–Crippen LogP) is 4.64. The zero-order valence-electron chi connectivity index (χ0n) is 14.5. The molecule has 0 aliphatic carbocycles. The molecular weight excluding hydrogens is 360 g/mol. The summed E-state index contributed by atoms with van der Waals surface area (Å²) in [5.41, 5.74) is 3.82. The summed E-state index contributed by atoms with van der Waals surface area (Å²) in [4.78, 5) is -0.410. The number of nitrogens with zero attached hydrogens (tertiary/aromatic N) is 1. The summed E-state index contributed by atoms with van der Waals surface area (Å²) >= 11 is 0. The molecule has 0 fully saturated rings. The standard InChI is InChI=1S/C19H17F2NO3S/c1-11-4-5-14(8-12(11)2)19-18(16(10-20)25-22-19)13-6-7-17(15(21)9-13)26(3,23)24/h4-9H,10H2,1-3H3. The molecule has 3 rings (SSSR count). The second-order valence-electron chi connectivity index (χ2n) is 6.18. The second kappa shape index (κ2) is 6.64. The highest BCUT2D eigenvalue weighted by Crippen LogP contribution is 2.36. The quantitative estimate of drug-likeness (QED) is 0.665. The van der Waals surface area contributed by atoms with Crippen LogP contribution >= 0.6 is 0 Å². The lowest BCUT2D eigenvalue weighted by Gasteiger charge is -2.08. The van der Waals surface area contributed by atoms with Crippen LogP contribution in [0.3, 0.4) is 0 Å². The first kappa shape index (κ1) is 18.3. The summed E-state index contributed by atoms with van der Waals surface area (Å²) in [7, 11) is -3.70. The maximum Gasteiger partial charge on any atom is 0.178 e. The number of hydrogen-bond acceptors (Lipinski definition) is 4. The highest BCUT2D eigenvalue weighted by atomic mass is 32.2. The molecule has 2 aromatic carbocycles. The highest BCUT2D eigenvalue weighted by Gasteiger charge is 2.22. The third-order valence-electron chi connectivity index (χ3n) is 4.28. The molecule has 0 saturated heterocycles. The molecule has 1 aromatic heterocycles. The van der Waals surface area contributed by atoms with E-state index in [2.05, 4.69) is 5.16 Å². The fraction of sp³-hybridized carbons (Fsp3) is 0.211. The van der Waals surface area contributed by atoms with Gasteiger partial charge in [0.2, 0.25) is 0 Å². The van der Waals surface area contributed by atoms with Crippen molar-refractivity contribution in [1.82, 2.24) is 5.16 Å². The van der Waals surface area contributed by atoms with Crippen LogP contribution in [0.4, 0.5) is 8.78 Å². The van der Waals surface area contributed by atoms with Crippen molar-refractivity contribution in [3.8, 4) is 22.4 Å². The first-order chi connectivity index (χ1) is 12.2. The van der Waals surface area contributed by atoms with Crippen molar-refractivity contribution >= 4 is 9.84 Å². The molecule has 4 nitrogen and oxygen atoms in total. The van der Waals surface area contributed by atoms with Crippen molar-refractivity contribution in [2.24, 2.45) is 0 Å². The molecule has 136 valence electrons. The summed E-state index contributed by atoms with van der Waals surface area (Å²) in [6, 6.07) is 9.28. The lowest BCUT2D eigenvalue weighted by molar-refractivity contribution is 0.332. The second-order valence-corrected chi connectivity index (χ2v) is 8.16. The Morgan fingerprint density at radius 3 is 2.31 bits per heavy atom. The fourth-order valence-corrected chi connectivity index (χ4v) is 3.48. The molecule has 0 unspecified atom stereocenters. The van der Waals surface area contributed by atoms with E-state index in [9.17, 15) is 17.2 Å². The average molecular weight is 377 g/mol. The van der Waals surface area contributed by atoms with E-state index in [0.29, 0.717) is 22.4 Å².